The van der Waals surface area contributed by atoms with E-state index in [1.165, 1.54) is 6.92 Å². The highest BCUT2D eigenvalue weighted by molar-refractivity contribution is 7.86. The van der Waals surface area contributed by atoms with Gasteiger partial charge in [0, 0.05) is 23.6 Å². The standard InChI is InChI=1S/C19H20N4O6S/c1-11(29-30(2,25)26)18-21-22-19(27-18)13-8-14(9-13)20-17(24)16-10-15(23-28-16)12-6-4-3-5-7-12/h3-7,10-11,13-14H,8-9H2,1-2H3,(H,20,24)/t11-,13?,14?/m1/s1. The number of nitrogens with zero attached hydrogens (tertiary/aromatic N) is 3. The van der Waals surface area contributed by atoms with Crippen molar-refractivity contribution in [3.05, 3.63) is 53.9 Å². The molecule has 1 aromatic carbocycles. The molecule has 0 bridgehead atoms. The number of nitrogens with one attached hydrogen (secondary N) is 1. The van der Waals surface area contributed by atoms with Gasteiger partial charge in [-0.15, -0.1) is 10.2 Å². The zero-order valence-electron chi connectivity index (χ0n) is 16.3. The number of carbonyl (C=O) groups is 1. The molecule has 1 atom stereocenters. The van der Waals surface area contributed by atoms with Crippen LogP contribution in [0.3, 0.4) is 0 Å². The summed E-state index contributed by atoms with van der Waals surface area (Å²) in [5.41, 5.74) is 1.46. The predicted molar refractivity (Wildman–Crippen MR) is 104 cm³/mol. The Kier molecular flexibility index (Phi) is 5.39. The van der Waals surface area contributed by atoms with Crippen molar-refractivity contribution < 1.29 is 26.3 Å². The SMILES string of the molecule is C[C@@H](OS(C)(=O)=O)c1nnc(C2CC(NC(=O)c3cc(-c4ccccc4)no3)C2)o1. The van der Waals surface area contributed by atoms with E-state index in [2.05, 4.69) is 20.7 Å². The van der Waals surface area contributed by atoms with Crippen LogP contribution >= 0.6 is 0 Å². The minimum atomic E-state index is -3.63. The highest BCUT2D eigenvalue weighted by Gasteiger charge is 2.36. The first kappa shape index (κ1) is 20.2. The van der Waals surface area contributed by atoms with Gasteiger partial charge in [-0.3, -0.25) is 8.98 Å². The van der Waals surface area contributed by atoms with Crippen LogP contribution in [0.1, 0.15) is 54.1 Å². The monoisotopic (exact) mass is 432 g/mol. The zero-order valence-corrected chi connectivity index (χ0v) is 17.1. The number of hydrogen-bond acceptors (Lipinski definition) is 9. The molecular weight excluding hydrogens is 412 g/mol. The van der Waals surface area contributed by atoms with Crippen molar-refractivity contribution in [2.45, 2.75) is 37.8 Å². The third-order valence-corrected chi connectivity index (χ3v) is 5.39. The number of benzene rings is 1. The molecule has 158 valence electrons. The molecule has 1 N–H and O–H groups in total. The van der Waals surface area contributed by atoms with Gasteiger partial charge >= 0.3 is 0 Å². The fourth-order valence-electron chi connectivity index (χ4n) is 3.20. The Morgan fingerprint density at radius 1 is 1.23 bits per heavy atom. The minimum Gasteiger partial charge on any atom is -0.422 e. The van der Waals surface area contributed by atoms with Crippen molar-refractivity contribution in [2.24, 2.45) is 0 Å². The first-order valence-electron chi connectivity index (χ1n) is 9.33. The second-order valence-electron chi connectivity index (χ2n) is 7.20. The summed E-state index contributed by atoms with van der Waals surface area (Å²) in [6, 6.07) is 11.0. The molecule has 1 aliphatic carbocycles. The molecule has 2 aromatic heterocycles. The predicted octanol–water partition coefficient (Wildman–Crippen LogP) is 2.44. The summed E-state index contributed by atoms with van der Waals surface area (Å²) in [5.74, 6) is 0.277. The lowest BCUT2D eigenvalue weighted by Crippen LogP contribution is -2.43. The molecule has 0 spiro atoms. The number of hydrogen-bond donors (Lipinski definition) is 1. The summed E-state index contributed by atoms with van der Waals surface area (Å²) in [4.78, 5) is 12.4. The van der Waals surface area contributed by atoms with Gasteiger partial charge in [0.15, 0.2) is 6.10 Å². The molecule has 1 aliphatic rings. The summed E-state index contributed by atoms with van der Waals surface area (Å²) >= 11 is 0. The highest BCUT2D eigenvalue weighted by atomic mass is 32.2. The molecule has 0 aliphatic heterocycles. The number of carbonyl (C=O) groups excluding carboxylic acids is 1. The van der Waals surface area contributed by atoms with Crippen molar-refractivity contribution in [3.8, 4) is 11.3 Å². The van der Waals surface area contributed by atoms with Crippen LogP contribution < -0.4 is 5.32 Å². The van der Waals surface area contributed by atoms with Gasteiger partial charge in [0.2, 0.25) is 17.5 Å². The highest BCUT2D eigenvalue weighted by Crippen LogP contribution is 2.37. The Labute approximate surface area is 172 Å². The third-order valence-electron chi connectivity index (χ3n) is 4.75. The molecule has 2 heterocycles. The molecule has 0 saturated heterocycles. The van der Waals surface area contributed by atoms with Gasteiger partial charge in [0.1, 0.15) is 5.69 Å². The average Bonchev–Trinajstić information content (AvgIpc) is 3.33. The first-order chi connectivity index (χ1) is 14.3. The van der Waals surface area contributed by atoms with Gasteiger partial charge in [0.25, 0.3) is 16.0 Å². The molecule has 10 nitrogen and oxygen atoms in total. The largest absolute Gasteiger partial charge is 0.422 e. The molecule has 30 heavy (non-hydrogen) atoms. The fraction of sp³-hybridized carbons (Fsp3) is 0.368. The Hall–Kier alpha value is -3.05. The van der Waals surface area contributed by atoms with E-state index in [4.69, 9.17) is 13.1 Å². The van der Waals surface area contributed by atoms with Crippen molar-refractivity contribution in [2.75, 3.05) is 6.26 Å². The van der Waals surface area contributed by atoms with Gasteiger partial charge in [0.05, 0.1) is 6.26 Å². The number of aromatic nitrogens is 3. The smallest absolute Gasteiger partial charge is 0.290 e. The van der Waals surface area contributed by atoms with Crippen LogP contribution in [0.2, 0.25) is 0 Å². The third kappa shape index (κ3) is 4.57. The van der Waals surface area contributed by atoms with Gasteiger partial charge in [-0.2, -0.15) is 8.42 Å². The molecule has 1 saturated carbocycles. The average molecular weight is 432 g/mol. The van der Waals surface area contributed by atoms with Gasteiger partial charge < -0.3 is 14.3 Å². The second kappa shape index (κ2) is 8.00. The van der Waals surface area contributed by atoms with Crippen molar-refractivity contribution in [1.82, 2.24) is 20.7 Å². The van der Waals surface area contributed by atoms with E-state index in [9.17, 15) is 13.2 Å². The van der Waals surface area contributed by atoms with Gasteiger partial charge in [-0.05, 0) is 19.8 Å². The van der Waals surface area contributed by atoms with E-state index < -0.39 is 16.2 Å². The van der Waals surface area contributed by atoms with Crippen molar-refractivity contribution in [3.63, 3.8) is 0 Å². The van der Waals surface area contributed by atoms with E-state index in [0.717, 1.165) is 11.8 Å². The Morgan fingerprint density at radius 3 is 2.67 bits per heavy atom. The fourth-order valence-corrected chi connectivity index (χ4v) is 3.81. The maximum absolute atomic E-state index is 12.4. The molecule has 4 rings (SSSR count). The van der Waals surface area contributed by atoms with Crippen LogP contribution in [0.5, 0.6) is 0 Å². The lowest BCUT2D eigenvalue weighted by atomic mass is 9.80. The molecular formula is C19H20N4O6S. The number of rotatable bonds is 7. The van der Waals surface area contributed by atoms with Crippen molar-refractivity contribution in [1.29, 1.82) is 0 Å². The minimum absolute atomic E-state index is 0.0170. The van der Waals surface area contributed by atoms with E-state index >= 15 is 0 Å². The molecule has 1 amide bonds. The van der Waals surface area contributed by atoms with E-state index in [0.29, 0.717) is 24.4 Å². The van der Waals surface area contributed by atoms with E-state index in [1.54, 1.807) is 6.07 Å². The van der Waals surface area contributed by atoms with Crippen molar-refractivity contribution >= 4 is 16.0 Å². The van der Waals surface area contributed by atoms with Crippen LogP contribution in [-0.4, -0.2) is 42.0 Å². The maximum atomic E-state index is 12.4. The normalized spacial score (nSPS) is 19.8. The Balaban J connectivity index is 1.30. The molecule has 3 aromatic rings. The van der Waals surface area contributed by atoms with Crippen LogP contribution in [0.4, 0.5) is 0 Å². The topological polar surface area (TPSA) is 137 Å². The molecule has 1 fully saturated rings. The second-order valence-corrected chi connectivity index (χ2v) is 8.80. The van der Waals surface area contributed by atoms with Crippen LogP contribution in [-0.2, 0) is 14.3 Å². The van der Waals surface area contributed by atoms with E-state index in [1.807, 2.05) is 30.3 Å². The summed E-state index contributed by atoms with van der Waals surface area (Å²) in [7, 11) is -3.63. The lowest BCUT2D eigenvalue weighted by Gasteiger charge is -2.33. The quantitative estimate of drug-likeness (QED) is 0.558. The Bertz CT molecular complexity index is 1130. The van der Waals surface area contributed by atoms with Crippen LogP contribution in [0, 0.1) is 0 Å². The summed E-state index contributed by atoms with van der Waals surface area (Å²) in [6.07, 6.45) is 1.34. The molecule has 0 unspecified atom stereocenters. The van der Waals surface area contributed by atoms with Gasteiger partial charge in [-0.1, -0.05) is 35.5 Å². The first-order valence-corrected chi connectivity index (χ1v) is 11.1. The van der Waals surface area contributed by atoms with Crippen LogP contribution in [0.15, 0.2) is 45.3 Å². The van der Waals surface area contributed by atoms with Gasteiger partial charge in [-0.25, -0.2) is 0 Å². The number of amides is 1. The van der Waals surface area contributed by atoms with E-state index in [-0.39, 0.29) is 29.5 Å². The zero-order chi connectivity index (χ0) is 21.3. The Morgan fingerprint density at radius 2 is 1.97 bits per heavy atom. The summed E-state index contributed by atoms with van der Waals surface area (Å²) in [6.45, 7) is 1.52. The molecule has 11 heteroatoms. The van der Waals surface area contributed by atoms with Crippen LogP contribution in [0.25, 0.3) is 11.3 Å². The molecule has 0 radical (unpaired) electrons. The summed E-state index contributed by atoms with van der Waals surface area (Å²) < 4.78 is 37.9. The summed E-state index contributed by atoms with van der Waals surface area (Å²) in [5, 5.41) is 14.7. The maximum Gasteiger partial charge on any atom is 0.290 e. The lowest BCUT2D eigenvalue weighted by molar-refractivity contribution is 0.0865.